The molecule has 2 aliphatic heterocycles. The number of nitrogens with zero attached hydrogens (tertiary/aromatic N) is 2. The van der Waals surface area contributed by atoms with Crippen molar-refractivity contribution >= 4 is 41.4 Å². The lowest BCUT2D eigenvalue weighted by Gasteiger charge is -2.31. The highest BCUT2D eigenvalue weighted by molar-refractivity contribution is 5.98. The zero-order valence-corrected chi connectivity index (χ0v) is 30.6. The van der Waals surface area contributed by atoms with Crippen LogP contribution in [0.15, 0.2) is 96.0 Å². The first-order valence-electron chi connectivity index (χ1n) is 18.5. The van der Waals surface area contributed by atoms with E-state index < -0.39 is 72.2 Å². The van der Waals surface area contributed by atoms with E-state index in [1.54, 1.807) is 24.3 Å². The minimum Gasteiger partial charge on any atom is -0.370 e. The highest BCUT2D eigenvalue weighted by Gasteiger charge is 2.40. The summed E-state index contributed by atoms with van der Waals surface area (Å²) in [5.74, 6) is -3.65. The monoisotopic (exact) mass is 751 g/mol. The number of hydrogen-bond donors (Lipinski definition) is 7. The first-order valence-corrected chi connectivity index (χ1v) is 18.5. The van der Waals surface area contributed by atoms with E-state index in [1.807, 2.05) is 66.7 Å². The SMILES string of the molecule is NC(N)=NCCCC1NC(=O)C2CCCN2C(=O)C(Cc2ccccc2)NC(=O)C(Cc2ccccc2)NC(=O)CNC(=O)C(Cc2ccccc2)NC1=O. The Balaban J connectivity index is 1.49. The number of benzene rings is 3. The normalized spacial score (nSPS) is 22.8. The molecule has 2 fully saturated rings. The van der Waals surface area contributed by atoms with Gasteiger partial charge in [0.15, 0.2) is 5.96 Å². The Kier molecular flexibility index (Phi) is 14.3. The summed E-state index contributed by atoms with van der Waals surface area (Å²) in [6.07, 6.45) is 1.59. The van der Waals surface area contributed by atoms with Gasteiger partial charge in [0.2, 0.25) is 35.4 Å². The van der Waals surface area contributed by atoms with E-state index in [2.05, 4.69) is 31.6 Å². The Morgan fingerprint density at radius 1 is 0.618 bits per heavy atom. The quantitative estimate of drug-likeness (QED) is 0.0834. The van der Waals surface area contributed by atoms with Crippen molar-refractivity contribution in [1.29, 1.82) is 0 Å². The summed E-state index contributed by atoms with van der Waals surface area (Å²) in [4.78, 5) is 89.0. The van der Waals surface area contributed by atoms with Gasteiger partial charge >= 0.3 is 0 Å². The predicted molar refractivity (Wildman–Crippen MR) is 206 cm³/mol. The Hall–Kier alpha value is -6.25. The molecule has 5 unspecified atom stereocenters. The molecule has 0 radical (unpaired) electrons. The fourth-order valence-corrected chi connectivity index (χ4v) is 6.79. The zero-order valence-electron chi connectivity index (χ0n) is 30.6. The van der Waals surface area contributed by atoms with Crippen LogP contribution in [0.5, 0.6) is 0 Å². The Morgan fingerprint density at radius 3 is 1.67 bits per heavy atom. The number of amides is 6. The molecule has 5 rings (SSSR count). The number of carbonyl (C=O) groups excluding carboxylic acids is 6. The lowest BCUT2D eigenvalue weighted by Crippen LogP contribution is -2.60. The van der Waals surface area contributed by atoms with Crippen molar-refractivity contribution in [2.45, 2.75) is 75.2 Å². The fraction of sp³-hybridized carbons (Fsp3) is 0.375. The van der Waals surface area contributed by atoms with Crippen LogP contribution in [0.1, 0.15) is 42.4 Å². The maximum absolute atomic E-state index is 14.4. The predicted octanol–water partition coefficient (Wildman–Crippen LogP) is -0.172. The van der Waals surface area contributed by atoms with Crippen LogP contribution in [0.25, 0.3) is 0 Å². The first kappa shape index (κ1) is 39.9. The lowest BCUT2D eigenvalue weighted by molar-refractivity contribution is -0.142. The van der Waals surface area contributed by atoms with E-state index in [1.165, 1.54) is 4.90 Å². The van der Waals surface area contributed by atoms with E-state index in [0.29, 0.717) is 19.3 Å². The van der Waals surface area contributed by atoms with Gasteiger partial charge in [0, 0.05) is 32.4 Å². The number of guanidine groups is 1. The van der Waals surface area contributed by atoms with Crippen LogP contribution >= 0.6 is 0 Å². The molecule has 0 bridgehead atoms. The molecule has 3 aromatic carbocycles. The van der Waals surface area contributed by atoms with Gasteiger partial charge in [-0.2, -0.15) is 0 Å². The van der Waals surface area contributed by atoms with Crippen LogP contribution in [0.4, 0.5) is 0 Å². The maximum atomic E-state index is 14.4. The second-order valence-corrected chi connectivity index (χ2v) is 13.7. The summed E-state index contributed by atoms with van der Waals surface area (Å²) in [6.45, 7) is -0.0623. The van der Waals surface area contributed by atoms with Gasteiger partial charge in [-0.25, -0.2) is 0 Å². The molecule has 2 saturated heterocycles. The van der Waals surface area contributed by atoms with Gasteiger partial charge in [-0.05, 0) is 42.4 Å². The number of carbonyl (C=O) groups is 6. The fourth-order valence-electron chi connectivity index (χ4n) is 6.79. The molecule has 2 aliphatic rings. The summed E-state index contributed by atoms with van der Waals surface area (Å²) in [6, 6.07) is 21.9. The van der Waals surface area contributed by atoms with Crippen molar-refractivity contribution in [1.82, 2.24) is 31.5 Å². The summed E-state index contributed by atoms with van der Waals surface area (Å²) in [5, 5.41) is 13.8. The minimum absolute atomic E-state index is 0.0848. The molecule has 6 amide bonds. The van der Waals surface area contributed by atoms with Gasteiger partial charge in [-0.1, -0.05) is 91.0 Å². The van der Waals surface area contributed by atoms with Gasteiger partial charge in [0.25, 0.3) is 0 Å². The van der Waals surface area contributed by atoms with E-state index in [4.69, 9.17) is 11.5 Å². The van der Waals surface area contributed by atoms with Crippen LogP contribution in [0, 0.1) is 0 Å². The molecule has 5 atom stereocenters. The molecule has 0 saturated carbocycles. The van der Waals surface area contributed by atoms with E-state index in [0.717, 1.165) is 16.7 Å². The van der Waals surface area contributed by atoms with E-state index in [9.17, 15) is 28.8 Å². The zero-order chi connectivity index (χ0) is 39.2. The number of rotatable bonds is 10. The third kappa shape index (κ3) is 11.9. The molecule has 15 nitrogen and oxygen atoms in total. The summed E-state index contributed by atoms with van der Waals surface area (Å²) in [5.41, 5.74) is 13.3. The molecular formula is C40H49N9O6. The molecule has 290 valence electrons. The van der Waals surface area contributed by atoms with Crippen molar-refractivity contribution in [3.63, 3.8) is 0 Å². The summed E-state index contributed by atoms with van der Waals surface area (Å²) >= 11 is 0. The maximum Gasteiger partial charge on any atom is 0.246 e. The van der Waals surface area contributed by atoms with Gasteiger partial charge in [-0.15, -0.1) is 0 Å². The average Bonchev–Trinajstić information content (AvgIpc) is 3.68. The number of nitrogens with one attached hydrogen (secondary N) is 5. The van der Waals surface area contributed by atoms with Crippen molar-refractivity contribution in [3.8, 4) is 0 Å². The van der Waals surface area contributed by atoms with Crippen molar-refractivity contribution < 1.29 is 28.8 Å². The third-order valence-corrected chi connectivity index (χ3v) is 9.59. The molecule has 15 heteroatoms. The second kappa shape index (κ2) is 19.7. The highest BCUT2D eigenvalue weighted by atomic mass is 16.2. The number of fused-ring (bicyclic) bond motifs is 1. The molecule has 2 heterocycles. The molecule has 55 heavy (non-hydrogen) atoms. The van der Waals surface area contributed by atoms with E-state index in [-0.39, 0.29) is 44.7 Å². The van der Waals surface area contributed by atoms with Crippen LogP contribution in [-0.4, -0.2) is 96.1 Å². The minimum atomic E-state index is -1.13. The van der Waals surface area contributed by atoms with Crippen LogP contribution in [0.2, 0.25) is 0 Å². The van der Waals surface area contributed by atoms with Gasteiger partial charge in [0.1, 0.15) is 30.2 Å². The van der Waals surface area contributed by atoms with Gasteiger partial charge < -0.3 is 43.0 Å². The van der Waals surface area contributed by atoms with Crippen LogP contribution < -0.4 is 38.1 Å². The van der Waals surface area contributed by atoms with Crippen LogP contribution in [-0.2, 0) is 48.0 Å². The number of nitrogens with two attached hydrogens (primary N) is 2. The van der Waals surface area contributed by atoms with Crippen LogP contribution in [0.3, 0.4) is 0 Å². The first-order chi connectivity index (χ1) is 26.6. The lowest BCUT2D eigenvalue weighted by atomic mass is 10.0. The molecular weight excluding hydrogens is 702 g/mol. The molecule has 9 N–H and O–H groups in total. The molecule has 0 aliphatic carbocycles. The largest absolute Gasteiger partial charge is 0.370 e. The van der Waals surface area contributed by atoms with Crippen molar-refractivity contribution in [2.24, 2.45) is 16.5 Å². The Morgan fingerprint density at radius 2 is 1.11 bits per heavy atom. The summed E-state index contributed by atoms with van der Waals surface area (Å²) in [7, 11) is 0. The Bertz CT molecular complexity index is 1820. The van der Waals surface area contributed by atoms with Crippen molar-refractivity contribution in [2.75, 3.05) is 19.6 Å². The average molecular weight is 752 g/mol. The van der Waals surface area contributed by atoms with Gasteiger partial charge in [0.05, 0.1) is 6.54 Å². The molecule has 0 aromatic heterocycles. The number of hydrogen-bond acceptors (Lipinski definition) is 7. The standard InChI is InChI=1S/C40H49N9O6/c41-40(42)43-20-10-18-29-36(52)47-30(22-26-12-4-1-5-13-26)35(51)44-25-34(50)45-31(23-27-14-6-2-7-15-27)37(53)48-32(24-28-16-8-3-9-17-28)39(55)49-21-11-19-33(49)38(54)46-29/h1-9,12-17,29-33H,10-11,18-25H2,(H,44,51)(H,45,50)(H,46,54)(H,47,52)(H,48,53)(H4,41,42,43). The van der Waals surface area contributed by atoms with E-state index >= 15 is 0 Å². The Labute approximate surface area is 320 Å². The molecule has 0 spiro atoms. The summed E-state index contributed by atoms with van der Waals surface area (Å²) < 4.78 is 0. The highest BCUT2D eigenvalue weighted by Crippen LogP contribution is 2.21. The topological polar surface area (TPSA) is 230 Å². The van der Waals surface area contributed by atoms with Crippen molar-refractivity contribution in [3.05, 3.63) is 108 Å². The van der Waals surface area contributed by atoms with Gasteiger partial charge in [-0.3, -0.25) is 33.8 Å². The smallest absolute Gasteiger partial charge is 0.246 e. The third-order valence-electron chi connectivity index (χ3n) is 9.59. The second-order valence-electron chi connectivity index (χ2n) is 13.7. The molecule has 3 aromatic rings. The number of aliphatic imine (C=N–C) groups is 1.